The molecule has 1 aromatic carbocycles. The summed E-state index contributed by atoms with van der Waals surface area (Å²) in [6.07, 6.45) is 4.70. The van der Waals surface area contributed by atoms with Crippen molar-refractivity contribution in [3.63, 3.8) is 0 Å². The Morgan fingerprint density at radius 2 is 2.00 bits per heavy atom. The lowest BCUT2D eigenvalue weighted by atomic mass is 10.1. The molecule has 2 aliphatic heterocycles. The van der Waals surface area contributed by atoms with Crippen LogP contribution in [-0.4, -0.2) is 45.6 Å². The van der Waals surface area contributed by atoms with Crippen LogP contribution in [0.3, 0.4) is 0 Å². The van der Waals surface area contributed by atoms with Crippen molar-refractivity contribution in [3.05, 3.63) is 41.2 Å². The SMILES string of the molecule is Cc1c(N2CCC(Oc3ccc4c(c3)OCC4)CC2)nn2ncnc2c1C. The number of hydrogen-bond acceptors (Lipinski definition) is 6. The molecule has 0 unspecified atom stereocenters. The Kier molecular flexibility index (Phi) is 3.88. The number of piperidine rings is 1. The van der Waals surface area contributed by atoms with E-state index in [2.05, 4.69) is 46.1 Å². The van der Waals surface area contributed by atoms with Gasteiger partial charge in [-0.3, -0.25) is 0 Å². The van der Waals surface area contributed by atoms with Gasteiger partial charge in [-0.2, -0.15) is 0 Å². The molecule has 0 spiro atoms. The number of aromatic nitrogens is 4. The molecular weight excluding hydrogens is 342 g/mol. The fourth-order valence-corrected chi connectivity index (χ4v) is 3.95. The van der Waals surface area contributed by atoms with Crippen LogP contribution in [0, 0.1) is 13.8 Å². The van der Waals surface area contributed by atoms with E-state index in [0.717, 1.165) is 67.5 Å². The van der Waals surface area contributed by atoms with E-state index in [0.29, 0.717) is 0 Å². The van der Waals surface area contributed by atoms with Crippen LogP contribution in [0.4, 0.5) is 5.82 Å². The van der Waals surface area contributed by atoms with Gasteiger partial charge in [0.2, 0.25) is 0 Å². The molecule has 2 aromatic heterocycles. The van der Waals surface area contributed by atoms with Crippen molar-refractivity contribution in [1.29, 1.82) is 0 Å². The van der Waals surface area contributed by atoms with Crippen molar-refractivity contribution in [2.45, 2.75) is 39.2 Å². The van der Waals surface area contributed by atoms with Crippen LogP contribution in [0.25, 0.3) is 5.65 Å². The van der Waals surface area contributed by atoms with Crippen molar-refractivity contribution in [1.82, 2.24) is 19.8 Å². The summed E-state index contributed by atoms with van der Waals surface area (Å²) in [7, 11) is 0. The minimum atomic E-state index is 0.220. The molecule has 1 fully saturated rings. The van der Waals surface area contributed by atoms with E-state index < -0.39 is 0 Å². The van der Waals surface area contributed by atoms with Crippen molar-refractivity contribution < 1.29 is 9.47 Å². The number of benzene rings is 1. The van der Waals surface area contributed by atoms with Crippen molar-refractivity contribution in [2.75, 3.05) is 24.6 Å². The number of anilines is 1. The average Bonchev–Trinajstić information content (AvgIpc) is 3.34. The lowest BCUT2D eigenvalue weighted by molar-refractivity contribution is 0.170. The maximum atomic E-state index is 6.22. The molecule has 1 saturated heterocycles. The Morgan fingerprint density at radius 1 is 1.15 bits per heavy atom. The smallest absolute Gasteiger partial charge is 0.179 e. The summed E-state index contributed by atoms with van der Waals surface area (Å²) in [4.78, 5) is 6.62. The van der Waals surface area contributed by atoms with Gasteiger partial charge in [-0.25, -0.2) is 4.98 Å². The molecule has 7 nitrogen and oxygen atoms in total. The van der Waals surface area contributed by atoms with Gasteiger partial charge in [-0.1, -0.05) is 6.07 Å². The predicted molar refractivity (Wildman–Crippen MR) is 102 cm³/mol. The number of ether oxygens (including phenoxy) is 2. The Hall–Kier alpha value is -2.83. The number of rotatable bonds is 3. The zero-order valence-corrected chi connectivity index (χ0v) is 15.7. The molecule has 7 heteroatoms. The summed E-state index contributed by atoms with van der Waals surface area (Å²) in [5, 5.41) is 8.89. The van der Waals surface area contributed by atoms with Crippen LogP contribution >= 0.6 is 0 Å². The molecule has 140 valence electrons. The highest BCUT2D eigenvalue weighted by Crippen LogP contribution is 2.31. The van der Waals surface area contributed by atoms with Crippen molar-refractivity contribution in [3.8, 4) is 11.5 Å². The number of nitrogens with zero attached hydrogens (tertiary/aromatic N) is 5. The van der Waals surface area contributed by atoms with Gasteiger partial charge >= 0.3 is 0 Å². The maximum Gasteiger partial charge on any atom is 0.179 e. The summed E-state index contributed by atoms with van der Waals surface area (Å²) in [6.45, 7) is 6.80. The first-order chi connectivity index (χ1) is 13.2. The first kappa shape index (κ1) is 16.4. The van der Waals surface area contributed by atoms with E-state index in [1.54, 1.807) is 11.0 Å². The van der Waals surface area contributed by atoms with Crippen LogP contribution in [0.5, 0.6) is 11.5 Å². The van der Waals surface area contributed by atoms with Crippen LogP contribution in [0.1, 0.15) is 29.5 Å². The summed E-state index contributed by atoms with van der Waals surface area (Å²) in [5.41, 5.74) is 4.41. The van der Waals surface area contributed by atoms with E-state index >= 15 is 0 Å². The van der Waals surface area contributed by atoms with Gasteiger partial charge in [0.05, 0.1) is 6.61 Å². The van der Waals surface area contributed by atoms with E-state index in [-0.39, 0.29) is 6.10 Å². The van der Waals surface area contributed by atoms with E-state index in [9.17, 15) is 0 Å². The largest absolute Gasteiger partial charge is 0.493 e. The predicted octanol–water partition coefficient (Wildman–Crippen LogP) is 2.72. The van der Waals surface area contributed by atoms with Gasteiger partial charge in [0.15, 0.2) is 11.5 Å². The van der Waals surface area contributed by atoms with Crippen LogP contribution in [0.2, 0.25) is 0 Å². The number of aryl methyl sites for hydroxylation is 1. The monoisotopic (exact) mass is 365 g/mol. The molecule has 0 bridgehead atoms. The van der Waals surface area contributed by atoms with Crippen molar-refractivity contribution >= 4 is 11.5 Å². The van der Waals surface area contributed by atoms with Crippen LogP contribution < -0.4 is 14.4 Å². The van der Waals surface area contributed by atoms with Gasteiger partial charge in [0.1, 0.15) is 23.9 Å². The second kappa shape index (κ2) is 6.40. The standard InChI is InChI=1S/C20H23N5O2/c1-13-14(2)20(23-25-19(13)21-12-22-25)24-8-5-16(6-9-24)27-17-4-3-15-7-10-26-18(15)11-17/h3-4,11-12,16H,5-10H2,1-2H3. The van der Waals surface area contributed by atoms with Gasteiger partial charge < -0.3 is 14.4 Å². The molecule has 5 rings (SSSR count). The molecule has 27 heavy (non-hydrogen) atoms. The fourth-order valence-electron chi connectivity index (χ4n) is 3.95. The molecule has 2 aliphatic rings. The normalized spacial score (nSPS) is 17.2. The molecule has 0 N–H and O–H groups in total. The van der Waals surface area contributed by atoms with Crippen LogP contribution in [0.15, 0.2) is 24.5 Å². The first-order valence-corrected chi connectivity index (χ1v) is 9.53. The molecule has 0 radical (unpaired) electrons. The topological polar surface area (TPSA) is 64.8 Å². The third kappa shape index (κ3) is 2.87. The Bertz CT molecular complexity index is 991. The summed E-state index contributed by atoms with van der Waals surface area (Å²) >= 11 is 0. The molecule has 4 heterocycles. The van der Waals surface area contributed by atoms with Gasteiger partial charge in [-0.05, 0) is 25.5 Å². The van der Waals surface area contributed by atoms with Crippen LogP contribution in [-0.2, 0) is 6.42 Å². The molecule has 3 aromatic rings. The van der Waals surface area contributed by atoms with Gasteiger partial charge in [-0.15, -0.1) is 14.8 Å². The molecule has 0 aliphatic carbocycles. The summed E-state index contributed by atoms with van der Waals surface area (Å²) in [6, 6.07) is 6.21. The van der Waals surface area contributed by atoms with Gasteiger partial charge in [0, 0.05) is 49.5 Å². The molecule has 0 atom stereocenters. The summed E-state index contributed by atoms with van der Waals surface area (Å²) < 4.78 is 13.5. The number of fused-ring (bicyclic) bond motifs is 2. The Labute approximate surface area is 157 Å². The minimum absolute atomic E-state index is 0.220. The Balaban J connectivity index is 1.28. The second-order valence-electron chi connectivity index (χ2n) is 7.32. The minimum Gasteiger partial charge on any atom is -0.493 e. The third-order valence-corrected chi connectivity index (χ3v) is 5.67. The summed E-state index contributed by atoms with van der Waals surface area (Å²) in [5.74, 6) is 2.87. The lowest BCUT2D eigenvalue weighted by Gasteiger charge is -2.33. The van der Waals surface area contributed by atoms with E-state index in [1.807, 2.05) is 6.07 Å². The first-order valence-electron chi connectivity index (χ1n) is 9.53. The maximum absolute atomic E-state index is 6.22. The number of hydrogen-bond donors (Lipinski definition) is 0. The zero-order valence-electron chi connectivity index (χ0n) is 15.7. The molecular formula is C20H23N5O2. The highest BCUT2D eigenvalue weighted by Gasteiger charge is 2.25. The second-order valence-corrected chi connectivity index (χ2v) is 7.32. The highest BCUT2D eigenvalue weighted by molar-refractivity contribution is 5.58. The Morgan fingerprint density at radius 3 is 2.85 bits per heavy atom. The zero-order chi connectivity index (χ0) is 18.4. The van der Waals surface area contributed by atoms with Gasteiger partial charge in [0.25, 0.3) is 0 Å². The average molecular weight is 365 g/mol. The third-order valence-electron chi connectivity index (χ3n) is 5.67. The van der Waals surface area contributed by atoms with E-state index in [4.69, 9.17) is 9.47 Å². The quantitative estimate of drug-likeness (QED) is 0.711. The van der Waals surface area contributed by atoms with E-state index in [1.165, 1.54) is 11.1 Å². The fraction of sp³-hybridized carbons (Fsp3) is 0.450. The molecule has 0 amide bonds. The highest BCUT2D eigenvalue weighted by atomic mass is 16.5. The lowest BCUT2D eigenvalue weighted by Crippen LogP contribution is -2.39. The molecule has 0 saturated carbocycles. The van der Waals surface area contributed by atoms with Crippen molar-refractivity contribution in [2.24, 2.45) is 0 Å².